The second kappa shape index (κ2) is 5.95. The van der Waals surface area contributed by atoms with Gasteiger partial charge in [0.15, 0.2) is 0 Å². The molecule has 6 heteroatoms. The number of amidine groups is 1. The second-order valence-corrected chi connectivity index (χ2v) is 5.11. The smallest absolute Gasteiger partial charge is 0.124 e. The number of rotatable bonds is 4. The lowest BCUT2D eigenvalue weighted by Gasteiger charge is -2.07. The largest absolute Gasteiger partial charge is 0.497 e. The Labute approximate surface area is 120 Å². The average Bonchev–Trinajstić information content (AvgIpc) is 2.41. The van der Waals surface area contributed by atoms with E-state index in [1.54, 1.807) is 19.4 Å². The lowest BCUT2D eigenvalue weighted by molar-refractivity contribution is 0.414. The number of hydrogen-bond donors (Lipinski definition) is 2. The summed E-state index contributed by atoms with van der Waals surface area (Å²) >= 11 is 7.60. The van der Waals surface area contributed by atoms with Crippen molar-refractivity contribution in [2.24, 2.45) is 5.73 Å². The van der Waals surface area contributed by atoms with Gasteiger partial charge in [-0.3, -0.25) is 5.41 Å². The molecule has 0 aliphatic heterocycles. The van der Waals surface area contributed by atoms with E-state index in [1.807, 2.05) is 24.3 Å². The Balaban J connectivity index is 2.27. The minimum absolute atomic E-state index is 0.0658. The summed E-state index contributed by atoms with van der Waals surface area (Å²) in [5.41, 5.74) is 5.95. The fourth-order valence-electron chi connectivity index (χ4n) is 1.46. The Morgan fingerprint density at radius 2 is 2.00 bits per heavy atom. The molecule has 0 saturated carbocycles. The van der Waals surface area contributed by atoms with E-state index < -0.39 is 0 Å². The summed E-state index contributed by atoms with van der Waals surface area (Å²) in [6.45, 7) is 0. The van der Waals surface area contributed by atoms with Crippen molar-refractivity contribution in [3.63, 3.8) is 0 Å². The number of halogens is 1. The van der Waals surface area contributed by atoms with Crippen LogP contribution in [0.15, 0.2) is 46.5 Å². The van der Waals surface area contributed by atoms with E-state index in [9.17, 15) is 0 Å². The van der Waals surface area contributed by atoms with Gasteiger partial charge < -0.3 is 10.5 Å². The normalized spacial score (nSPS) is 10.2. The van der Waals surface area contributed by atoms with Gasteiger partial charge >= 0.3 is 0 Å². The van der Waals surface area contributed by atoms with Crippen molar-refractivity contribution in [1.29, 1.82) is 5.41 Å². The SMILES string of the molecule is COc1ccc(Sc2nccc(C(=N)N)c2Cl)cc1. The number of methoxy groups -OCH3 is 1. The zero-order valence-corrected chi connectivity index (χ0v) is 11.8. The number of ether oxygens (including phenoxy) is 1. The summed E-state index contributed by atoms with van der Waals surface area (Å²) in [6.07, 6.45) is 1.59. The maximum Gasteiger partial charge on any atom is 0.124 e. The molecule has 0 unspecified atom stereocenters. The van der Waals surface area contributed by atoms with Crippen LogP contribution in [0.2, 0.25) is 5.02 Å². The van der Waals surface area contributed by atoms with E-state index in [2.05, 4.69) is 4.98 Å². The summed E-state index contributed by atoms with van der Waals surface area (Å²) in [7, 11) is 1.62. The van der Waals surface area contributed by atoms with Crippen molar-refractivity contribution in [2.45, 2.75) is 9.92 Å². The summed E-state index contributed by atoms with van der Waals surface area (Å²) < 4.78 is 5.10. The predicted octanol–water partition coefficient (Wildman–Crippen LogP) is 3.18. The molecule has 0 radical (unpaired) electrons. The molecular weight excluding hydrogens is 282 g/mol. The lowest BCUT2D eigenvalue weighted by atomic mass is 10.2. The van der Waals surface area contributed by atoms with Crippen molar-refractivity contribution in [1.82, 2.24) is 4.98 Å². The van der Waals surface area contributed by atoms with Gasteiger partial charge in [-0.15, -0.1) is 0 Å². The van der Waals surface area contributed by atoms with E-state index in [0.29, 0.717) is 15.6 Å². The number of nitrogens with zero attached hydrogens (tertiary/aromatic N) is 1. The highest BCUT2D eigenvalue weighted by Gasteiger charge is 2.11. The summed E-state index contributed by atoms with van der Waals surface area (Å²) in [5.74, 6) is 0.727. The van der Waals surface area contributed by atoms with Crippen LogP contribution in [0.1, 0.15) is 5.56 Å². The molecule has 0 atom stereocenters. The Morgan fingerprint density at radius 1 is 1.32 bits per heavy atom. The Bertz CT molecular complexity index is 601. The standard InChI is InChI=1S/C13H12ClN3OS/c1-18-8-2-4-9(5-3-8)19-13-11(14)10(12(15)16)6-7-17-13/h2-7H,1H3,(H3,15,16). The van der Waals surface area contributed by atoms with Crippen LogP contribution in [0.25, 0.3) is 0 Å². The predicted molar refractivity (Wildman–Crippen MR) is 77.4 cm³/mol. The fourth-order valence-corrected chi connectivity index (χ4v) is 2.60. The molecule has 0 spiro atoms. The van der Waals surface area contributed by atoms with Crippen molar-refractivity contribution in [3.05, 3.63) is 47.1 Å². The van der Waals surface area contributed by atoms with Gasteiger partial charge in [-0.1, -0.05) is 23.4 Å². The number of hydrogen-bond acceptors (Lipinski definition) is 4. The molecule has 3 N–H and O–H groups in total. The van der Waals surface area contributed by atoms with Crippen LogP contribution in [-0.2, 0) is 0 Å². The molecule has 0 bridgehead atoms. The highest BCUT2D eigenvalue weighted by Crippen LogP contribution is 2.33. The molecule has 19 heavy (non-hydrogen) atoms. The number of nitrogens with two attached hydrogens (primary N) is 1. The Kier molecular flexibility index (Phi) is 4.29. The minimum Gasteiger partial charge on any atom is -0.497 e. The second-order valence-electron chi connectivity index (χ2n) is 3.67. The van der Waals surface area contributed by atoms with Gasteiger partial charge in [0.05, 0.1) is 12.1 Å². The molecule has 1 heterocycles. The summed E-state index contributed by atoms with van der Waals surface area (Å²) in [4.78, 5) is 5.19. The third-order valence-corrected chi connectivity index (χ3v) is 3.93. The molecule has 4 nitrogen and oxygen atoms in total. The lowest BCUT2D eigenvalue weighted by Crippen LogP contribution is -2.12. The first-order chi connectivity index (χ1) is 9.11. The van der Waals surface area contributed by atoms with E-state index >= 15 is 0 Å². The molecule has 2 rings (SSSR count). The van der Waals surface area contributed by atoms with Crippen LogP contribution in [-0.4, -0.2) is 17.9 Å². The maximum absolute atomic E-state index is 7.45. The molecule has 0 fully saturated rings. The van der Waals surface area contributed by atoms with Gasteiger partial charge in [0.1, 0.15) is 16.6 Å². The monoisotopic (exact) mass is 293 g/mol. The average molecular weight is 294 g/mol. The quantitative estimate of drug-likeness (QED) is 0.671. The van der Waals surface area contributed by atoms with Gasteiger partial charge in [-0.2, -0.15) is 0 Å². The maximum atomic E-state index is 7.45. The number of benzene rings is 1. The van der Waals surface area contributed by atoms with E-state index in [-0.39, 0.29) is 5.84 Å². The molecule has 0 aliphatic carbocycles. The topological polar surface area (TPSA) is 72.0 Å². The zero-order chi connectivity index (χ0) is 13.8. The molecular formula is C13H12ClN3OS. The van der Waals surface area contributed by atoms with Gasteiger partial charge in [-0.05, 0) is 30.3 Å². The minimum atomic E-state index is -0.0658. The molecule has 1 aromatic heterocycles. The molecule has 2 aromatic rings. The highest BCUT2D eigenvalue weighted by molar-refractivity contribution is 7.99. The van der Waals surface area contributed by atoms with E-state index in [4.69, 9.17) is 27.5 Å². The van der Waals surface area contributed by atoms with Gasteiger partial charge in [0.2, 0.25) is 0 Å². The molecule has 0 aliphatic rings. The van der Waals surface area contributed by atoms with Gasteiger partial charge in [0.25, 0.3) is 0 Å². The first-order valence-electron chi connectivity index (χ1n) is 5.42. The Hall–Kier alpha value is -1.72. The number of nitrogen functional groups attached to an aromatic ring is 1. The Morgan fingerprint density at radius 3 is 2.58 bits per heavy atom. The van der Waals surface area contributed by atoms with Crippen molar-refractivity contribution in [2.75, 3.05) is 7.11 Å². The number of aromatic nitrogens is 1. The van der Waals surface area contributed by atoms with Crippen molar-refractivity contribution < 1.29 is 4.74 Å². The van der Waals surface area contributed by atoms with Crippen molar-refractivity contribution in [3.8, 4) is 5.75 Å². The van der Waals surface area contributed by atoms with Crippen LogP contribution in [0.3, 0.4) is 0 Å². The summed E-state index contributed by atoms with van der Waals surface area (Å²) in [5, 5.41) is 8.47. The van der Waals surface area contributed by atoms with Crippen LogP contribution in [0, 0.1) is 5.41 Å². The third-order valence-electron chi connectivity index (χ3n) is 2.42. The number of pyridine rings is 1. The molecule has 0 saturated heterocycles. The van der Waals surface area contributed by atoms with Crippen LogP contribution < -0.4 is 10.5 Å². The first kappa shape index (κ1) is 13.7. The molecule has 98 valence electrons. The van der Waals surface area contributed by atoms with Gasteiger partial charge in [-0.25, -0.2) is 4.98 Å². The molecule has 0 amide bonds. The third kappa shape index (κ3) is 3.19. The fraction of sp³-hybridized carbons (Fsp3) is 0.0769. The number of nitrogens with one attached hydrogen (secondary N) is 1. The van der Waals surface area contributed by atoms with Crippen LogP contribution in [0.5, 0.6) is 5.75 Å². The van der Waals surface area contributed by atoms with E-state index in [0.717, 1.165) is 10.6 Å². The van der Waals surface area contributed by atoms with Crippen LogP contribution in [0.4, 0.5) is 0 Å². The highest BCUT2D eigenvalue weighted by atomic mass is 35.5. The van der Waals surface area contributed by atoms with Crippen molar-refractivity contribution >= 4 is 29.2 Å². The summed E-state index contributed by atoms with van der Waals surface area (Å²) in [6, 6.07) is 9.20. The van der Waals surface area contributed by atoms with Gasteiger partial charge in [0, 0.05) is 16.7 Å². The zero-order valence-electron chi connectivity index (χ0n) is 10.2. The first-order valence-corrected chi connectivity index (χ1v) is 6.62. The van der Waals surface area contributed by atoms with Crippen LogP contribution >= 0.6 is 23.4 Å². The molecule has 1 aromatic carbocycles. The van der Waals surface area contributed by atoms with E-state index in [1.165, 1.54) is 11.8 Å².